The number of benzene rings is 1. The SMILES string of the molecule is COc1ccc(F)cc1C(=O)Cn1c(=O)n(C(C)C(=O)NC(C)C)c(=O)c2c(C)c(-n3nccn3)sc21. The lowest BCUT2D eigenvalue weighted by Crippen LogP contribution is -2.47. The second-order valence-corrected chi connectivity index (χ2v) is 9.66. The number of carbonyl (C=O) groups excluding carboxylic acids is 2. The average Bonchev–Trinajstić information content (AvgIpc) is 3.49. The predicted molar refractivity (Wildman–Crippen MR) is 135 cm³/mol. The Morgan fingerprint density at radius 1 is 1.16 bits per heavy atom. The molecule has 4 rings (SSSR count). The number of methoxy groups -OCH3 is 1. The number of amides is 1. The summed E-state index contributed by atoms with van der Waals surface area (Å²) in [4.78, 5) is 54.9. The Bertz CT molecular complexity index is 1620. The van der Waals surface area contributed by atoms with Crippen molar-refractivity contribution in [3.05, 3.63) is 68.4 Å². The van der Waals surface area contributed by atoms with E-state index in [1.807, 2.05) is 0 Å². The molecule has 13 heteroatoms. The topological polar surface area (TPSA) is 130 Å². The molecule has 0 aliphatic heterocycles. The zero-order valence-corrected chi connectivity index (χ0v) is 21.6. The van der Waals surface area contributed by atoms with Crippen molar-refractivity contribution in [2.45, 2.75) is 46.3 Å². The van der Waals surface area contributed by atoms with Gasteiger partial charge in [0, 0.05) is 11.6 Å². The maximum atomic E-state index is 14.0. The van der Waals surface area contributed by atoms with Crippen LogP contribution in [-0.2, 0) is 11.3 Å². The van der Waals surface area contributed by atoms with Crippen molar-refractivity contribution in [3.63, 3.8) is 0 Å². The molecule has 1 unspecified atom stereocenters. The fraction of sp³-hybridized carbons (Fsp3) is 0.333. The van der Waals surface area contributed by atoms with E-state index in [-0.39, 0.29) is 27.6 Å². The molecule has 1 atom stereocenters. The highest BCUT2D eigenvalue weighted by Gasteiger charge is 2.28. The number of aryl methyl sites for hydroxylation is 1. The van der Waals surface area contributed by atoms with Crippen molar-refractivity contribution in [1.29, 1.82) is 0 Å². The molecule has 3 aromatic heterocycles. The van der Waals surface area contributed by atoms with E-state index < -0.39 is 41.3 Å². The first-order valence-corrected chi connectivity index (χ1v) is 12.2. The van der Waals surface area contributed by atoms with Crippen molar-refractivity contribution in [1.82, 2.24) is 29.4 Å². The standard InChI is InChI=1S/C24H25FN6O5S/c1-12(2)28-20(33)14(4)30-21(34)19-13(3)22(31-26-8-9-27-31)37-23(19)29(24(30)35)11-17(32)16-10-15(25)6-7-18(16)36-5/h6-10,12,14H,11H2,1-5H3,(H,28,33). The lowest BCUT2D eigenvalue weighted by Gasteiger charge is -2.18. The van der Waals surface area contributed by atoms with Crippen molar-refractivity contribution in [2.24, 2.45) is 0 Å². The molecule has 0 saturated heterocycles. The Kier molecular flexibility index (Phi) is 7.07. The van der Waals surface area contributed by atoms with Crippen LogP contribution in [-0.4, -0.2) is 49.0 Å². The van der Waals surface area contributed by atoms with Gasteiger partial charge in [-0.05, 0) is 45.9 Å². The number of ether oxygens (including phenoxy) is 1. The molecule has 4 aromatic rings. The Morgan fingerprint density at radius 2 is 1.84 bits per heavy atom. The number of fused-ring (bicyclic) bond motifs is 1. The third kappa shape index (κ3) is 4.69. The van der Waals surface area contributed by atoms with Gasteiger partial charge in [0.25, 0.3) is 5.56 Å². The number of hydrogen-bond acceptors (Lipinski definition) is 8. The molecule has 3 heterocycles. The third-order valence-electron chi connectivity index (χ3n) is 5.78. The van der Waals surface area contributed by atoms with Crippen molar-refractivity contribution < 1.29 is 18.7 Å². The van der Waals surface area contributed by atoms with Gasteiger partial charge < -0.3 is 10.1 Å². The van der Waals surface area contributed by atoms with Gasteiger partial charge in [-0.25, -0.2) is 13.8 Å². The first kappa shape index (κ1) is 25.9. The summed E-state index contributed by atoms with van der Waals surface area (Å²) >= 11 is 1.06. The summed E-state index contributed by atoms with van der Waals surface area (Å²) in [6.07, 6.45) is 2.93. The summed E-state index contributed by atoms with van der Waals surface area (Å²) in [5.41, 5.74) is -1.11. The molecule has 0 aliphatic rings. The molecule has 194 valence electrons. The maximum Gasteiger partial charge on any atom is 0.333 e. The van der Waals surface area contributed by atoms with Crippen LogP contribution in [0.4, 0.5) is 4.39 Å². The molecule has 11 nitrogen and oxygen atoms in total. The first-order valence-electron chi connectivity index (χ1n) is 11.4. The average molecular weight is 529 g/mol. The molecule has 0 saturated carbocycles. The van der Waals surface area contributed by atoms with Gasteiger partial charge in [-0.15, -0.1) is 4.80 Å². The highest BCUT2D eigenvalue weighted by atomic mass is 32.1. The summed E-state index contributed by atoms with van der Waals surface area (Å²) in [6.45, 7) is 6.10. The summed E-state index contributed by atoms with van der Waals surface area (Å²) < 4.78 is 21.1. The van der Waals surface area contributed by atoms with Gasteiger partial charge in [0.05, 0.1) is 37.0 Å². The smallest absolute Gasteiger partial charge is 0.333 e. The monoisotopic (exact) mass is 528 g/mol. The normalized spacial score (nSPS) is 12.2. The third-order valence-corrected chi connectivity index (χ3v) is 7.06. The molecule has 1 amide bonds. The van der Waals surface area contributed by atoms with Crippen LogP contribution < -0.4 is 21.3 Å². The van der Waals surface area contributed by atoms with Crippen LogP contribution in [0, 0.1) is 12.7 Å². The molecule has 0 spiro atoms. The number of nitrogens with zero attached hydrogens (tertiary/aromatic N) is 5. The highest BCUT2D eigenvalue weighted by Crippen LogP contribution is 2.31. The van der Waals surface area contributed by atoms with Crippen molar-refractivity contribution in [3.8, 4) is 10.8 Å². The number of halogens is 1. The largest absolute Gasteiger partial charge is 0.496 e. The molecule has 0 bridgehead atoms. The zero-order chi connectivity index (χ0) is 27.0. The number of carbonyl (C=O) groups is 2. The van der Waals surface area contributed by atoms with E-state index in [9.17, 15) is 23.6 Å². The Labute approximate surface area is 214 Å². The van der Waals surface area contributed by atoms with E-state index in [2.05, 4.69) is 15.5 Å². The second-order valence-electron chi connectivity index (χ2n) is 8.68. The second kappa shape index (κ2) is 10.1. The van der Waals surface area contributed by atoms with Crippen molar-refractivity contribution >= 4 is 33.2 Å². The summed E-state index contributed by atoms with van der Waals surface area (Å²) in [7, 11) is 1.34. The van der Waals surface area contributed by atoms with E-state index in [4.69, 9.17) is 4.74 Å². The van der Waals surface area contributed by atoms with Crippen LogP contribution in [0.3, 0.4) is 0 Å². The number of hydrogen-bond donors (Lipinski definition) is 1. The Hall–Kier alpha value is -4.13. The van der Waals surface area contributed by atoms with Crippen LogP contribution >= 0.6 is 11.3 Å². The van der Waals surface area contributed by atoms with Gasteiger partial charge in [-0.3, -0.25) is 19.0 Å². The fourth-order valence-corrected chi connectivity index (χ4v) is 5.20. The molecule has 0 fully saturated rings. The number of aromatic nitrogens is 5. The van der Waals surface area contributed by atoms with Crippen LogP contribution in [0.5, 0.6) is 5.75 Å². The lowest BCUT2D eigenvalue weighted by molar-refractivity contribution is -0.124. The van der Waals surface area contributed by atoms with Gasteiger partial charge >= 0.3 is 5.69 Å². The number of Topliss-reactive ketones (excluding diaryl/α,β-unsaturated/α-hetero) is 1. The molecule has 37 heavy (non-hydrogen) atoms. The van der Waals surface area contributed by atoms with Crippen LogP contribution in [0.1, 0.15) is 42.7 Å². The van der Waals surface area contributed by atoms with Gasteiger partial charge in [0.15, 0.2) is 5.78 Å². The van der Waals surface area contributed by atoms with Gasteiger partial charge in [0.2, 0.25) is 5.91 Å². The van der Waals surface area contributed by atoms with Crippen molar-refractivity contribution in [2.75, 3.05) is 7.11 Å². The van der Waals surface area contributed by atoms with Crippen LogP contribution in [0.2, 0.25) is 0 Å². The first-order chi connectivity index (χ1) is 17.5. The fourth-order valence-electron chi connectivity index (χ4n) is 3.99. The highest BCUT2D eigenvalue weighted by molar-refractivity contribution is 7.21. The number of thiophene rings is 1. The molecular weight excluding hydrogens is 503 g/mol. The molecule has 1 aromatic carbocycles. The predicted octanol–water partition coefficient (Wildman–Crippen LogP) is 2.23. The summed E-state index contributed by atoms with van der Waals surface area (Å²) in [5, 5.41) is 11.6. The minimum atomic E-state index is -1.16. The Balaban J connectivity index is 1.97. The van der Waals surface area contributed by atoms with Crippen LogP contribution in [0.15, 0.2) is 40.2 Å². The molecule has 1 N–H and O–H groups in total. The minimum absolute atomic E-state index is 0.0619. The van der Waals surface area contributed by atoms with E-state index in [1.165, 1.54) is 37.3 Å². The maximum absolute atomic E-state index is 14.0. The number of nitrogens with one attached hydrogen (secondary N) is 1. The van der Waals surface area contributed by atoms with Crippen LogP contribution in [0.25, 0.3) is 15.2 Å². The van der Waals surface area contributed by atoms with Gasteiger partial charge in [-0.1, -0.05) is 11.3 Å². The number of rotatable bonds is 8. The number of ketones is 1. The van der Waals surface area contributed by atoms with E-state index >= 15 is 0 Å². The van der Waals surface area contributed by atoms with Gasteiger partial charge in [0.1, 0.15) is 27.4 Å². The van der Waals surface area contributed by atoms with E-state index in [1.54, 1.807) is 20.8 Å². The lowest BCUT2D eigenvalue weighted by atomic mass is 10.1. The quantitative estimate of drug-likeness (QED) is 0.347. The van der Waals surface area contributed by atoms with E-state index in [0.717, 1.165) is 32.6 Å². The molecule has 0 radical (unpaired) electrons. The van der Waals surface area contributed by atoms with E-state index in [0.29, 0.717) is 10.6 Å². The molecule has 0 aliphatic carbocycles. The summed E-state index contributed by atoms with van der Waals surface area (Å²) in [5.74, 6) is -1.66. The zero-order valence-electron chi connectivity index (χ0n) is 20.8. The Morgan fingerprint density at radius 3 is 2.46 bits per heavy atom. The van der Waals surface area contributed by atoms with Gasteiger partial charge in [-0.2, -0.15) is 10.2 Å². The summed E-state index contributed by atoms with van der Waals surface area (Å²) in [6, 6.07) is 2.11. The molecular formula is C24H25FN6O5S. The minimum Gasteiger partial charge on any atom is -0.496 e.